The second kappa shape index (κ2) is 4.79. The Balaban J connectivity index is 1.77. The van der Waals surface area contributed by atoms with Gasteiger partial charge in [0.25, 0.3) is 0 Å². The van der Waals surface area contributed by atoms with Gasteiger partial charge in [0.2, 0.25) is 0 Å². The Morgan fingerprint density at radius 1 is 1.47 bits per heavy atom. The van der Waals surface area contributed by atoms with Gasteiger partial charge in [-0.15, -0.1) is 0 Å². The predicted molar refractivity (Wildman–Crippen MR) is 57.3 cm³/mol. The van der Waals surface area contributed by atoms with E-state index in [1.807, 2.05) is 0 Å². The van der Waals surface area contributed by atoms with E-state index in [9.17, 15) is 13.6 Å². The van der Waals surface area contributed by atoms with Crippen molar-refractivity contribution < 1.29 is 18.7 Å². The first-order valence-corrected chi connectivity index (χ1v) is 5.45. The summed E-state index contributed by atoms with van der Waals surface area (Å²) in [7, 11) is 0. The molecule has 2 N–H and O–H groups in total. The minimum atomic E-state index is -0.773. The standard InChI is InChI=1S/C12H13F2NO2/c13-9-2-1-7(11(14)4-9)5-15-6-8-3-10(8)12(16)17/h1-2,4,8,10,15H,3,5-6H2,(H,16,17). The van der Waals surface area contributed by atoms with Crippen molar-refractivity contribution >= 4 is 5.97 Å². The number of nitrogens with one attached hydrogen (secondary N) is 1. The Labute approximate surface area is 97.5 Å². The predicted octanol–water partition coefficient (Wildman–Crippen LogP) is 1.78. The molecule has 0 radical (unpaired) electrons. The summed E-state index contributed by atoms with van der Waals surface area (Å²) in [4.78, 5) is 10.6. The number of hydrogen-bond acceptors (Lipinski definition) is 2. The van der Waals surface area contributed by atoms with Gasteiger partial charge in [-0.3, -0.25) is 4.79 Å². The number of carbonyl (C=O) groups is 1. The first kappa shape index (κ1) is 12.0. The number of benzene rings is 1. The highest BCUT2D eigenvalue weighted by molar-refractivity contribution is 5.73. The summed E-state index contributed by atoms with van der Waals surface area (Å²) < 4.78 is 25.8. The third-order valence-corrected chi connectivity index (χ3v) is 2.98. The van der Waals surface area contributed by atoms with Crippen molar-refractivity contribution in [2.45, 2.75) is 13.0 Å². The largest absolute Gasteiger partial charge is 0.481 e. The summed E-state index contributed by atoms with van der Waals surface area (Å²) in [5, 5.41) is 11.7. The van der Waals surface area contributed by atoms with Gasteiger partial charge in [-0.25, -0.2) is 8.78 Å². The molecule has 1 aromatic carbocycles. The Bertz CT molecular complexity index is 437. The van der Waals surface area contributed by atoms with Gasteiger partial charge in [-0.05, 0) is 24.9 Å². The zero-order valence-electron chi connectivity index (χ0n) is 9.12. The Morgan fingerprint density at radius 3 is 2.82 bits per heavy atom. The smallest absolute Gasteiger partial charge is 0.306 e. The summed E-state index contributed by atoms with van der Waals surface area (Å²) in [6.45, 7) is 0.836. The van der Waals surface area contributed by atoms with E-state index < -0.39 is 17.6 Å². The molecule has 0 spiro atoms. The Kier molecular flexibility index (Phi) is 3.38. The van der Waals surface area contributed by atoms with Crippen LogP contribution in [0.2, 0.25) is 0 Å². The summed E-state index contributed by atoms with van der Waals surface area (Å²) in [5.74, 6) is -2.08. The molecule has 0 heterocycles. The van der Waals surface area contributed by atoms with Crippen LogP contribution in [0.3, 0.4) is 0 Å². The van der Waals surface area contributed by atoms with E-state index in [0.717, 1.165) is 6.07 Å². The zero-order valence-corrected chi connectivity index (χ0v) is 9.12. The molecule has 92 valence electrons. The minimum Gasteiger partial charge on any atom is -0.481 e. The lowest BCUT2D eigenvalue weighted by Gasteiger charge is -2.05. The van der Waals surface area contributed by atoms with Crippen molar-refractivity contribution in [3.05, 3.63) is 35.4 Å². The lowest BCUT2D eigenvalue weighted by Crippen LogP contribution is -2.18. The SMILES string of the molecule is O=C(O)C1CC1CNCc1ccc(F)cc1F. The normalized spacial score (nSPS) is 22.5. The molecule has 1 fully saturated rings. The van der Waals surface area contributed by atoms with Gasteiger partial charge < -0.3 is 10.4 Å². The fraction of sp³-hybridized carbons (Fsp3) is 0.417. The molecule has 0 aromatic heterocycles. The Morgan fingerprint density at radius 2 is 2.24 bits per heavy atom. The van der Waals surface area contributed by atoms with Crippen LogP contribution in [0.25, 0.3) is 0 Å². The summed E-state index contributed by atoms with van der Waals surface area (Å²) in [5.41, 5.74) is 0.388. The third kappa shape index (κ3) is 3.00. The summed E-state index contributed by atoms with van der Waals surface area (Å²) in [6, 6.07) is 3.44. The van der Waals surface area contributed by atoms with Crippen LogP contribution in [0.1, 0.15) is 12.0 Å². The van der Waals surface area contributed by atoms with Gasteiger partial charge in [0.15, 0.2) is 0 Å². The van der Waals surface area contributed by atoms with Crippen LogP contribution in [0.5, 0.6) is 0 Å². The lowest BCUT2D eigenvalue weighted by molar-refractivity contribution is -0.138. The van der Waals surface area contributed by atoms with Gasteiger partial charge in [0, 0.05) is 18.2 Å². The van der Waals surface area contributed by atoms with Crippen molar-refractivity contribution in [2.75, 3.05) is 6.54 Å². The number of rotatable bonds is 5. The molecular weight excluding hydrogens is 228 g/mol. The molecule has 2 rings (SSSR count). The highest BCUT2D eigenvalue weighted by atomic mass is 19.1. The van der Waals surface area contributed by atoms with Crippen molar-refractivity contribution in [1.29, 1.82) is 0 Å². The summed E-state index contributed by atoms with van der Waals surface area (Å²) >= 11 is 0. The first-order valence-electron chi connectivity index (χ1n) is 5.45. The van der Waals surface area contributed by atoms with E-state index in [0.29, 0.717) is 18.5 Å². The van der Waals surface area contributed by atoms with Crippen LogP contribution in [0, 0.1) is 23.5 Å². The Hall–Kier alpha value is -1.49. The summed E-state index contributed by atoms with van der Waals surface area (Å²) in [6.07, 6.45) is 0.675. The van der Waals surface area contributed by atoms with Gasteiger partial charge >= 0.3 is 5.97 Å². The fourth-order valence-corrected chi connectivity index (χ4v) is 1.83. The monoisotopic (exact) mass is 241 g/mol. The number of carboxylic acid groups (broad SMARTS) is 1. The minimum absolute atomic E-state index is 0.135. The molecule has 2 atom stereocenters. The van der Waals surface area contributed by atoms with Crippen LogP contribution in [-0.4, -0.2) is 17.6 Å². The molecule has 3 nitrogen and oxygen atoms in total. The van der Waals surface area contributed by atoms with Crippen molar-refractivity contribution in [2.24, 2.45) is 11.8 Å². The first-order chi connectivity index (χ1) is 8.08. The molecule has 0 saturated heterocycles. The van der Waals surface area contributed by atoms with E-state index in [1.54, 1.807) is 0 Å². The van der Waals surface area contributed by atoms with E-state index in [-0.39, 0.29) is 18.4 Å². The number of aliphatic carboxylic acids is 1. The molecule has 2 unspecified atom stereocenters. The van der Waals surface area contributed by atoms with Crippen LogP contribution in [0.15, 0.2) is 18.2 Å². The lowest BCUT2D eigenvalue weighted by atomic mass is 10.2. The maximum atomic E-state index is 13.2. The van der Waals surface area contributed by atoms with Crippen LogP contribution < -0.4 is 5.32 Å². The topological polar surface area (TPSA) is 49.3 Å². The third-order valence-electron chi connectivity index (χ3n) is 2.98. The molecule has 17 heavy (non-hydrogen) atoms. The molecule has 1 saturated carbocycles. The van der Waals surface area contributed by atoms with Crippen LogP contribution in [-0.2, 0) is 11.3 Å². The number of halogens is 2. The average molecular weight is 241 g/mol. The van der Waals surface area contributed by atoms with Gasteiger partial charge in [0.1, 0.15) is 11.6 Å². The maximum absolute atomic E-state index is 13.2. The molecule has 1 aliphatic carbocycles. The zero-order chi connectivity index (χ0) is 12.4. The van der Waals surface area contributed by atoms with Crippen LogP contribution >= 0.6 is 0 Å². The molecule has 1 aliphatic rings. The number of carboxylic acids is 1. The molecule has 0 amide bonds. The van der Waals surface area contributed by atoms with Crippen LogP contribution in [0.4, 0.5) is 8.78 Å². The molecule has 0 bridgehead atoms. The van der Waals surface area contributed by atoms with E-state index in [4.69, 9.17) is 5.11 Å². The maximum Gasteiger partial charge on any atom is 0.306 e. The quantitative estimate of drug-likeness (QED) is 0.826. The van der Waals surface area contributed by atoms with Gasteiger partial charge in [-0.1, -0.05) is 6.07 Å². The molecule has 5 heteroatoms. The molecule has 1 aromatic rings. The van der Waals surface area contributed by atoms with E-state index in [2.05, 4.69) is 5.32 Å². The second-order valence-corrected chi connectivity index (χ2v) is 4.31. The van der Waals surface area contributed by atoms with E-state index >= 15 is 0 Å². The highest BCUT2D eigenvalue weighted by Crippen LogP contribution is 2.37. The molecule has 0 aliphatic heterocycles. The molecular formula is C12H13F2NO2. The van der Waals surface area contributed by atoms with Gasteiger partial charge in [-0.2, -0.15) is 0 Å². The van der Waals surface area contributed by atoms with Crippen molar-refractivity contribution in [1.82, 2.24) is 5.32 Å². The average Bonchev–Trinajstić information content (AvgIpc) is 3.01. The fourth-order valence-electron chi connectivity index (χ4n) is 1.83. The van der Waals surface area contributed by atoms with Crippen molar-refractivity contribution in [3.63, 3.8) is 0 Å². The number of hydrogen-bond donors (Lipinski definition) is 2. The van der Waals surface area contributed by atoms with E-state index in [1.165, 1.54) is 12.1 Å². The second-order valence-electron chi connectivity index (χ2n) is 4.31. The van der Waals surface area contributed by atoms with Crippen molar-refractivity contribution in [3.8, 4) is 0 Å². The highest BCUT2D eigenvalue weighted by Gasteiger charge is 2.42. The van der Waals surface area contributed by atoms with Gasteiger partial charge in [0.05, 0.1) is 5.92 Å².